The number of carbonyl (C=O) groups is 2. The molecule has 35 heavy (non-hydrogen) atoms. The van der Waals surface area contributed by atoms with Gasteiger partial charge in [0.25, 0.3) is 5.91 Å². The third kappa shape index (κ3) is 4.76. The molecule has 0 aliphatic carbocycles. The van der Waals surface area contributed by atoms with Crippen molar-refractivity contribution in [3.05, 3.63) is 106 Å². The van der Waals surface area contributed by atoms with Crippen molar-refractivity contribution in [3.8, 4) is 11.3 Å². The number of ketones is 1. The van der Waals surface area contributed by atoms with Gasteiger partial charge in [-0.15, -0.1) is 11.3 Å². The van der Waals surface area contributed by atoms with Crippen LogP contribution in [0.25, 0.3) is 16.9 Å². The molecule has 3 aromatic heterocycles. The van der Waals surface area contributed by atoms with E-state index in [4.69, 9.17) is 0 Å². The van der Waals surface area contributed by atoms with E-state index in [1.807, 2.05) is 66.0 Å². The lowest BCUT2D eigenvalue weighted by Gasteiger charge is -2.09. The molecule has 2 aromatic carbocycles. The Balaban J connectivity index is 1.39. The van der Waals surface area contributed by atoms with E-state index in [2.05, 4.69) is 22.3 Å². The maximum Gasteiger partial charge on any atom is 0.255 e. The predicted molar refractivity (Wildman–Crippen MR) is 139 cm³/mol. The minimum atomic E-state index is -0.160. The van der Waals surface area contributed by atoms with E-state index in [-0.39, 0.29) is 11.7 Å². The van der Waals surface area contributed by atoms with Crippen LogP contribution in [0.4, 0.5) is 5.69 Å². The quantitative estimate of drug-likeness (QED) is 0.265. The SMILES string of the molecule is CCCCc1ccc(C(=O)Nc2cccc(-c3ccnc4c(C(=O)c5cccs5)cnn34)c2)cc1. The van der Waals surface area contributed by atoms with Crippen LogP contribution < -0.4 is 5.32 Å². The number of aromatic nitrogens is 3. The van der Waals surface area contributed by atoms with Gasteiger partial charge in [-0.1, -0.05) is 43.7 Å². The average Bonchev–Trinajstić information content (AvgIpc) is 3.58. The molecule has 0 saturated heterocycles. The van der Waals surface area contributed by atoms with Gasteiger partial charge in [0.05, 0.1) is 22.3 Å². The van der Waals surface area contributed by atoms with Crippen LogP contribution in [0.3, 0.4) is 0 Å². The molecule has 0 spiro atoms. The van der Waals surface area contributed by atoms with Gasteiger partial charge in [-0.2, -0.15) is 5.10 Å². The molecule has 3 heterocycles. The summed E-state index contributed by atoms with van der Waals surface area (Å²) < 4.78 is 1.66. The van der Waals surface area contributed by atoms with Crippen molar-refractivity contribution >= 4 is 34.4 Å². The molecule has 0 unspecified atom stereocenters. The standard InChI is InChI=1S/C28H24N4O2S/c1-2-3-6-19-10-12-20(13-11-19)28(34)31-22-8-4-7-21(17-22)24-14-15-29-27-23(18-30-32(24)27)26(33)25-9-5-16-35-25/h4-5,7-18H,2-3,6H2,1H3,(H,31,34). The first-order valence-corrected chi connectivity index (χ1v) is 12.4. The first kappa shape index (κ1) is 22.7. The number of nitrogens with zero attached hydrogens (tertiary/aromatic N) is 3. The number of hydrogen-bond acceptors (Lipinski definition) is 5. The van der Waals surface area contributed by atoms with Gasteiger partial charge in [-0.25, -0.2) is 9.50 Å². The molecule has 0 saturated carbocycles. The summed E-state index contributed by atoms with van der Waals surface area (Å²) in [7, 11) is 0. The van der Waals surface area contributed by atoms with E-state index >= 15 is 0 Å². The topological polar surface area (TPSA) is 76.4 Å². The van der Waals surface area contributed by atoms with Gasteiger partial charge in [0.2, 0.25) is 5.78 Å². The second-order valence-electron chi connectivity index (χ2n) is 8.27. The van der Waals surface area contributed by atoms with Gasteiger partial charge in [0.1, 0.15) is 0 Å². The molecule has 5 rings (SSSR count). The Morgan fingerprint density at radius 3 is 2.66 bits per heavy atom. The van der Waals surface area contributed by atoms with Crippen molar-refractivity contribution in [2.45, 2.75) is 26.2 Å². The molecular formula is C28H24N4O2S. The van der Waals surface area contributed by atoms with Crippen LogP contribution in [0, 0.1) is 0 Å². The minimum absolute atomic E-state index is 0.0959. The van der Waals surface area contributed by atoms with Crippen LogP contribution in [-0.2, 0) is 6.42 Å². The summed E-state index contributed by atoms with van der Waals surface area (Å²) in [5.41, 5.74) is 5.11. The molecule has 0 aliphatic rings. The monoisotopic (exact) mass is 480 g/mol. The van der Waals surface area contributed by atoms with Crippen LogP contribution in [0.2, 0.25) is 0 Å². The van der Waals surface area contributed by atoms with Crippen molar-refractivity contribution in [1.29, 1.82) is 0 Å². The Hall–Kier alpha value is -4.10. The molecule has 0 atom stereocenters. The van der Waals surface area contributed by atoms with Crippen molar-refractivity contribution < 1.29 is 9.59 Å². The molecule has 5 aromatic rings. The zero-order chi connectivity index (χ0) is 24.2. The Morgan fingerprint density at radius 2 is 1.89 bits per heavy atom. The van der Waals surface area contributed by atoms with E-state index in [0.29, 0.717) is 27.3 Å². The highest BCUT2D eigenvalue weighted by molar-refractivity contribution is 7.12. The number of unbranched alkanes of at least 4 members (excludes halogenated alkanes) is 1. The van der Waals surface area contributed by atoms with Crippen LogP contribution in [0.5, 0.6) is 0 Å². The van der Waals surface area contributed by atoms with Crippen molar-refractivity contribution in [3.63, 3.8) is 0 Å². The number of amides is 1. The number of nitrogens with one attached hydrogen (secondary N) is 1. The fourth-order valence-electron chi connectivity index (χ4n) is 3.97. The number of fused-ring (bicyclic) bond motifs is 1. The number of rotatable bonds is 8. The molecule has 0 bridgehead atoms. The maximum absolute atomic E-state index is 12.9. The van der Waals surface area contributed by atoms with Crippen LogP contribution >= 0.6 is 11.3 Å². The van der Waals surface area contributed by atoms with E-state index in [9.17, 15) is 9.59 Å². The Labute approximate surface area is 207 Å². The highest BCUT2D eigenvalue weighted by Crippen LogP contribution is 2.25. The zero-order valence-corrected chi connectivity index (χ0v) is 20.1. The Kier molecular flexibility index (Phi) is 6.50. The summed E-state index contributed by atoms with van der Waals surface area (Å²) in [6, 6.07) is 20.8. The first-order chi connectivity index (χ1) is 17.1. The highest BCUT2D eigenvalue weighted by Gasteiger charge is 2.18. The van der Waals surface area contributed by atoms with Gasteiger partial charge in [0.15, 0.2) is 5.65 Å². The lowest BCUT2D eigenvalue weighted by molar-refractivity contribution is 0.102. The smallest absolute Gasteiger partial charge is 0.255 e. The van der Waals surface area contributed by atoms with E-state index in [1.165, 1.54) is 16.9 Å². The summed E-state index contributed by atoms with van der Waals surface area (Å²) in [6.45, 7) is 2.17. The fraction of sp³-hybridized carbons (Fsp3) is 0.143. The zero-order valence-electron chi connectivity index (χ0n) is 19.3. The Morgan fingerprint density at radius 1 is 1.03 bits per heavy atom. The molecule has 0 fully saturated rings. The van der Waals surface area contributed by atoms with Gasteiger partial charge >= 0.3 is 0 Å². The second-order valence-corrected chi connectivity index (χ2v) is 9.21. The lowest BCUT2D eigenvalue weighted by atomic mass is 10.1. The Bertz CT molecular complexity index is 1490. The third-order valence-electron chi connectivity index (χ3n) is 5.84. The maximum atomic E-state index is 12.9. The number of carbonyl (C=O) groups excluding carboxylic acids is 2. The van der Waals surface area contributed by atoms with Crippen molar-refractivity contribution in [1.82, 2.24) is 14.6 Å². The highest BCUT2D eigenvalue weighted by atomic mass is 32.1. The van der Waals surface area contributed by atoms with Crippen molar-refractivity contribution in [2.24, 2.45) is 0 Å². The molecule has 174 valence electrons. The number of hydrogen-bond donors (Lipinski definition) is 1. The molecule has 0 aliphatic heterocycles. The van der Waals surface area contributed by atoms with Crippen LogP contribution in [0.15, 0.2) is 84.5 Å². The number of anilines is 1. The molecule has 6 nitrogen and oxygen atoms in total. The predicted octanol–water partition coefficient (Wildman–Crippen LogP) is 6.28. The lowest BCUT2D eigenvalue weighted by Crippen LogP contribution is -2.12. The molecule has 7 heteroatoms. The van der Waals surface area contributed by atoms with Gasteiger partial charge in [0, 0.05) is 23.0 Å². The van der Waals surface area contributed by atoms with Crippen molar-refractivity contribution in [2.75, 3.05) is 5.32 Å². The molecular weight excluding hydrogens is 456 g/mol. The summed E-state index contributed by atoms with van der Waals surface area (Å²) in [5.74, 6) is -0.256. The summed E-state index contributed by atoms with van der Waals surface area (Å²) >= 11 is 1.39. The van der Waals surface area contributed by atoms with Gasteiger partial charge in [-0.3, -0.25) is 9.59 Å². The van der Waals surface area contributed by atoms with E-state index in [0.717, 1.165) is 30.5 Å². The normalized spacial score (nSPS) is 11.0. The molecule has 0 radical (unpaired) electrons. The second kappa shape index (κ2) is 10.0. The number of aryl methyl sites for hydroxylation is 1. The van der Waals surface area contributed by atoms with Crippen LogP contribution in [0.1, 0.15) is 50.9 Å². The summed E-state index contributed by atoms with van der Waals surface area (Å²) in [6.07, 6.45) is 6.54. The molecule has 1 amide bonds. The molecule has 1 N–H and O–H groups in total. The van der Waals surface area contributed by atoms with Gasteiger partial charge in [-0.05, 0) is 60.2 Å². The minimum Gasteiger partial charge on any atom is -0.322 e. The number of thiophene rings is 1. The largest absolute Gasteiger partial charge is 0.322 e. The average molecular weight is 481 g/mol. The van der Waals surface area contributed by atoms with Gasteiger partial charge < -0.3 is 5.32 Å². The number of benzene rings is 2. The first-order valence-electron chi connectivity index (χ1n) is 11.6. The van der Waals surface area contributed by atoms with E-state index in [1.54, 1.807) is 23.0 Å². The summed E-state index contributed by atoms with van der Waals surface area (Å²) in [4.78, 5) is 30.8. The van der Waals surface area contributed by atoms with Crippen LogP contribution in [-0.4, -0.2) is 26.3 Å². The van der Waals surface area contributed by atoms with E-state index < -0.39 is 0 Å². The summed E-state index contributed by atoms with van der Waals surface area (Å²) in [5, 5.41) is 9.30. The third-order valence-corrected chi connectivity index (χ3v) is 6.71. The fourth-order valence-corrected chi connectivity index (χ4v) is 4.65.